The van der Waals surface area contributed by atoms with Crippen molar-refractivity contribution in [1.29, 1.82) is 0 Å². The van der Waals surface area contributed by atoms with E-state index in [1.807, 2.05) is 6.92 Å². The molecule has 2 heterocycles. The molecule has 25 heavy (non-hydrogen) atoms. The number of hydrogen-bond donors (Lipinski definition) is 1. The van der Waals surface area contributed by atoms with Crippen molar-refractivity contribution >= 4 is 17.4 Å². The number of aromatic nitrogens is 4. The third-order valence-corrected chi connectivity index (χ3v) is 3.56. The van der Waals surface area contributed by atoms with Gasteiger partial charge in [0.2, 0.25) is 11.6 Å². The predicted molar refractivity (Wildman–Crippen MR) is 89.6 cm³/mol. The summed E-state index contributed by atoms with van der Waals surface area (Å²) in [7, 11) is 4.51. The van der Waals surface area contributed by atoms with Crippen molar-refractivity contribution in [2.24, 2.45) is 0 Å². The number of nitrogens with zero attached hydrogens (tertiary/aromatic N) is 4. The number of carbonyl (C=O) groups excluding carboxylic acids is 1. The Kier molecular flexibility index (Phi) is 4.38. The molecule has 0 atom stereocenters. The molecule has 1 amide bonds. The molecule has 1 N–H and O–H groups in total. The van der Waals surface area contributed by atoms with E-state index in [1.54, 1.807) is 24.4 Å². The third kappa shape index (κ3) is 3.03. The summed E-state index contributed by atoms with van der Waals surface area (Å²) < 4.78 is 17.3. The van der Waals surface area contributed by atoms with E-state index in [0.717, 1.165) is 5.69 Å². The van der Waals surface area contributed by atoms with E-state index in [0.29, 0.717) is 28.7 Å². The zero-order valence-electron chi connectivity index (χ0n) is 14.2. The average molecular weight is 343 g/mol. The van der Waals surface area contributed by atoms with Gasteiger partial charge in [-0.05, 0) is 13.0 Å². The summed E-state index contributed by atoms with van der Waals surface area (Å²) in [5, 5.41) is 6.89. The van der Waals surface area contributed by atoms with E-state index < -0.39 is 5.91 Å². The number of carbonyl (C=O) groups is 1. The third-order valence-electron chi connectivity index (χ3n) is 3.56. The number of benzene rings is 1. The zero-order chi connectivity index (χ0) is 18.0. The number of rotatable bonds is 5. The molecule has 0 unspecified atom stereocenters. The van der Waals surface area contributed by atoms with E-state index in [2.05, 4.69) is 20.4 Å². The van der Waals surface area contributed by atoms with Crippen LogP contribution in [0.3, 0.4) is 0 Å². The van der Waals surface area contributed by atoms with Gasteiger partial charge < -0.3 is 19.5 Å². The average Bonchev–Trinajstić information content (AvgIpc) is 3.06. The Morgan fingerprint density at radius 2 is 1.80 bits per heavy atom. The van der Waals surface area contributed by atoms with Crippen LogP contribution in [0, 0.1) is 6.92 Å². The number of ether oxygens (including phenoxy) is 3. The van der Waals surface area contributed by atoms with Crippen LogP contribution in [0.4, 0.5) is 5.69 Å². The quantitative estimate of drug-likeness (QED) is 0.753. The maximum absolute atomic E-state index is 12.5. The molecule has 0 saturated heterocycles. The van der Waals surface area contributed by atoms with Gasteiger partial charge in [-0.3, -0.25) is 4.79 Å². The first-order chi connectivity index (χ1) is 12.1. The van der Waals surface area contributed by atoms with Crippen molar-refractivity contribution in [3.05, 3.63) is 35.9 Å². The molecule has 3 aromatic rings. The fourth-order valence-corrected chi connectivity index (χ4v) is 2.34. The van der Waals surface area contributed by atoms with Gasteiger partial charge in [-0.1, -0.05) is 0 Å². The summed E-state index contributed by atoms with van der Waals surface area (Å²) in [6.07, 6.45) is 1.61. The Morgan fingerprint density at radius 1 is 1.12 bits per heavy atom. The molecule has 9 nitrogen and oxygen atoms in total. The lowest BCUT2D eigenvalue weighted by molar-refractivity contribution is 0.101. The number of aryl methyl sites for hydroxylation is 1. The second-order valence-electron chi connectivity index (χ2n) is 5.10. The number of hydrogen-bond acceptors (Lipinski definition) is 7. The van der Waals surface area contributed by atoms with Crippen molar-refractivity contribution in [2.75, 3.05) is 26.6 Å². The van der Waals surface area contributed by atoms with Crippen LogP contribution in [-0.2, 0) is 0 Å². The smallest absolute Gasteiger partial charge is 0.295 e. The Morgan fingerprint density at radius 3 is 2.36 bits per heavy atom. The molecule has 0 bridgehead atoms. The van der Waals surface area contributed by atoms with Crippen LogP contribution < -0.4 is 19.5 Å². The van der Waals surface area contributed by atoms with E-state index >= 15 is 0 Å². The zero-order valence-corrected chi connectivity index (χ0v) is 14.2. The topological polar surface area (TPSA) is 99.9 Å². The standard InChI is InChI=1S/C16H17N5O4/c1-9-5-6-17-16-19-14(20-21(9)16)15(22)18-10-7-11(23-2)13(25-4)12(8-10)24-3/h5-8H,1-4H3,(H,18,22). The van der Waals surface area contributed by atoms with Crippen molar-refractivity contribution in [2.45, 2.75) is 6.92 Å². The molecule has 3 rings (SSSR count). The summed E-state index contributed by atoms with van der Waals surface area (Å²) in [6, 6.07) is 5.03. The van der Waals surface area contributed by atoms with Crippen molar-refractivity contribution in [3.63, 3.8) is 0 Å². The Labute approximate surface area is 143 Å². The Bertz CT molecular complexity index is 912. The summed E-state index contributed by atoms with van der Waals surface area (Å²) in [4.78, 5) is 20.7. The molecule has 0 aliphatic carbocycles. The summed E-state index contributed by atoms with van der Waals surface area (Å²) in [5.41, 5.74) is 1.28. The van der Waals surface area contributed by atoms with Crippen LogP contribution in [0.5, 0.6) is 17.2 Å². The summed E-state index contributed by atoms with van der Waals surface area (Å²) in [5.74, 6) is 1.19. The molecule has 1 aromatic carbocycles. The summed E-state index contributed by atoms with van der Waals surface area (Å²) >= 11 is 0. The number of anilines is 1. The Hall–Kier alpha value is -3.36. The van der Waals surface area contributed by atoms with Crippen molar-refractivity contribution < 1.29 is 19.0 Å². The van der Waals surface area contributed by atoms with Gasteiger partial charge in [0.15, 0.2) is 11.5 Å². The van der Waals surface area contributed by atoms with Gasteiger partial charge in [-0.25, -0.2) is 9.50 Å². The highest BCUT2D eigenvalue weighted by atomic mass is 16.5. The number of amides is 1. The normalized spacial score (nSPS) is 10.6. The summed E-state index contributed by atoms with van der Waals surface area (Å²) in [6.45, 7) is 1.85. The van der Waals surface area contributed by atoms with Crippen molar-refractivity contribution in [1.82, 2.24) is 19.6 Å². The van der Waals surface area contributed by atoms with E-state index in [9.17, 15) is 4.79 Å². The lowest BCUT2D eigenvalue weighted by Gasteiger charge is -2.14. The number of methoxy groups -OCH3 is 3. The van der Waals surface area contributed by atoms with Gasteiger partial charge in [-0.15, -0.1) is 5.10 Å². The highest BCUT2D eigenvalue weighted by Crippen LogP contribution is 2.39. The predicted octanol–water partition coefficient (Wildman–Crippen LogP) is 1.71. The SMILES string of the molecule is COc1cc(NC(=O)c2nc3nccc(C)n3n2)cc(OC)c1OC. The van der Waals surface area contributed by atoms with E-state index in [-0.39, 0.29) is 5.82 Å². The molecule has 0 fully saturated rings. The van der Waals surface area contributed by atoms with Crippen LogP contribution in [0.25, 0.3) is 5.78 Å². The van der Waals surface area contributed by atoms with Gasteiger partial charge in [0.05, 0.1) is 21.3 Å². The molecular formula is C16H17N5O4. The minimum atomic E-state index is -0.473. The van der Waals surface area contributed by atoms with E-state index in [1.165, 1.54) is 25.8 Å². The molecule has 9 heteroatoms. The number of nitrogens with one attached hydrogen (secondary N) is 1. The fourth-order valence-electron chi connectivity index (χ4n) is 2.34. The van der Waals surface area contributed by atoms with Crippen LogP contribution in [-0.4, -0.2) is 46.8 Å². The molecule has 2 aromatic heterocycles. The maximum Gasteiger partial charge on any atom is 0.295 e. The second-order valence-corrected chi connectivity index (χ2v) is 5.10. The lowest BCUT2D eigenvalue weighted by Crippen LogP contribution is -2.14. The fraction of sp³-hybridized carbons (Fsp3) is 0.250. The molecule has 0 saturated carbocycles. The largest absolute Gasteiger partial charge is 0.493 e. The van der Waals surface area contributed by atoms with Gasteiger partial charge in [0.1, 0.15) is 0 Å². The van der Waals surface area contributed by atoms with Crippen LogP contribution in [0.15, 0.2) is 24.4 Å². The van der Waals surface area contributed by atoms with Gasteiger partial charge >= 0.3 is 0 Å². The lowest BCUT2D eigenvalue weighted by atomic mass is 10.2. The highest BCUT2D eigenvalue weighted by molar-refractivity contribution is 6.02. The monoisotopic (exact) mass is 343 g/mol. The first-order valence-electron chi connectivity index (χ1n) is 7.37. The molecule has 0 spiro atoms. The van der Waals surface area contributed by atoms with Crippen LogP contribution in [0.1, 0.15) is 16.3 Å². The molecule has 130 valence electrons. The second kappa shape index (κ2) is 6.63. The Balaban J connectivity index is 1.93. The first-order valence-corrected chi connectivity index (χ1v) is 7.37. The minimum absolute atomic E-state index is 0.00977. The molecule has 0 aliphatic rings. The minimum Gasteiger partial charge on any atom is -0.493 e. The van der Waals surface area contributed by atoms with Gasteiger partial charge in [-0.2, -0.15) is 4.98 Å². The first kappa shape index (κ1) is 16.5. The van der Waals surface area contributed by atoms with Crippen LogP contribution >= 0.6 is 0 Å². The molecule has 0 aliphatic heterocycles. The molecule has 0 radical (unpaired) electrons. The van der Waals surface area contributed by atoms with Crippen LogP contribution in [0.2, 0.25) is 0 Å². The van der Waals surface area contributed by atoms with Crippen molar-refractivity contribution in [3.8, 4) is 17.2 Å². The maximum atomic E-state index is 12.5. The molecular weight excluding hydrogens is 326 g/mol. The number of fused-ring (bicyclic) bond motifs is 1. The highest BCUT2D eigenvalue weighted by Gasteiger charge is 2.18. The van der Waals surface area contributed by atoms with E-state index in [4.69, 9.17) is 14.2 Å². The van der Waals surface area contributed by atoms with Gasteiger partial charge in [0, 0.05) is 29.7 Å². The van der Waals surface area contributed by atoms with Gasteiger partial charge in [0.25, 0.3) is 11.7 Å².